The van der Waals surface area contributed by atoms with Crippen molar-refractivity contribution < 1.29 is 18.3 Å². The van der Waals surface area contributed by atoms with Crippen molar-refractivity contribution >= 4 is 11.9 Å². The molecule has 2 aromatic rings. The summed E-state index contributed by atoms with van der Waals surface area (Å²) in [7, 11) is 0. The lowest BCUT2D eigenvalue weighted by atomic mass is 10.1. The Morgan fingerprint density at radius 2 is 1.92 bits per heavy atom. The number of hydrogen-bond donors (Lipinski definition) is 1. The average Bonchev–Trinajstić information content (AvgIpc) is 2.54. The molecule has 5 nitrogen and oxygen atoms in total. The third kappa shape index (κ3) is 3.47. The van der Waals surface area contributed by atoms with Gasteiger partial charge in [0.15, 0.2) is 0 Å². The summed E-state index contributed by atoms with van der Waals surface area (Å²) in [4.78, 5) is 16.1. The maximum absolute atomic E-state index is 13.1. The molecule has 0 saturated carbocycles. The Kier molecular flexibility index (Phi) is 5.21. The lowest BCUT2D eigenvalue weighted by molar-refractivity contribution is -0.137. The van der Waals surface area contributed by atoms with Crippen molar-refractivity contribution in [2.24, 2.45) is 4.99 Å². The molecule has 0 unspecified atom stereocenters. The number of benzene rings is 1. The number of alkyl halides is 3. The van der Waals surface area contributed by atoms with Gasteiger partial charge in [-0.05, 0) is 38.5 Å². The molecule has 0 bridgehead atoms. The van der Waals surface area contributed by atoms with Crippen LogP contribution in [0.2, 0.25) is 0 Å². The Morgan fingerprint density at radius 3 is 2.46 bits per heavy atom. The second kappa shape index (κ2) is 7.04. The van der Waals surface area contributed by atoms with Gasteiger partial charge in [0.05, 0.1) is 16.8 Å². The summed E-state index contributed by atoms with van der Waals surface area (Å²) >= 11 is 0. The van der Waals surface area contributed by atoms with Gasteiger partial charge in [0.2, 0.25) is 5.88 Å². The third-order valence-electron chi connectivity index (χ3n) is 3.85. The molecule has 1 aromatic heterocycles. The van der Waals surface area contributed by atoms with Gasteiger partial charge in [0.25, 0.3) is 5.56 Å². The van der Waals surface area contributed by atoms with Gasteiger partial charge >= 0.3 is 6.18 Å². The van der Waals surface area contributed by atoms with E-state index in [9.17, 15) is 28.3 Å². The molecule has 8 heteroatoms. The minimum atomic E-state index is -4.58. The molecule has 0 aliphatic heterocycles. The molecule has 2 rings (SSSR count). The highest BCUT2D eigenvalue weighted by atomic mass is 19.4. The summed E-state index contributed by atoms with van der Waals surface area (Å²) in [6.45, 7) is 4.70. The summed E-state index contributed by atoms with van der Waals surface area (Å²) < 4.78 is 40.2. The Hall–Kier alpha value is -3.08. The van der Waals surface area contributed by atoms with Crippen LogP contribution >= 0.6 is 0 Å². The minimum Gasteiger partial charge on any atom is -0.494 e. The van der Waals surface area contributed by atoms with E-state index in [4.69, 9.17) is 0 Å². The SMILES string of the molecule is Cc1c(C=Nc2ccccc2C(F)(F)F)c(O)n(C(C)C)c(=O)c1C#N. The van der Waals surface area contributed by atoms with Crippen LogP contribution in [-0.4, -0.2) is 15.9 Å². The molecular formula is C18H16F3N3O2. The number of aromatic nitrogens is 1. The molecule has 0 saturated heterocycles. The second-order valence-corrected chi connectivity index (χ2v) is 5.89. The Bertz CT molecular complexity index is 967. The third-order valence-corrected chi connectivity index (χ3v) is 3.85. The van der Waals surface area contributed by atoms with Gasteiger partial charge in [0, 0.05) is 12.3 Å². The van der Waals surface area contributed by atoms with Crippen molar-refractivity contribution in [3.8, 4) is 11.9 Å². The van der Waals surface area contributed by atoms with Crippen LogP contribution < -0.4 is 5.56 Å². The molecule has 0 atom stereocenters. The fourth-order valence-corrected chi connectivity index (χ4v) is 2.53. The first-order chi connectivity index (χ1) is 12.1. The Morgan fingerprint density at radius 1 is 1.31 bits per heavy atom. The van der Waals surface area contributed by atoms with Gasteiger partial charge in [-0.15, -0.1) is 0 Å². The largest absolute Gasteiger partial charge is 0.494 e. The number of hydrogen-bond acceptors (Lipinski definition) is 4. The summed E-state index contributed by atoms with van der Waals surface area (Å²) in [5.74, 6) is -0.449. The molecule has 0 spiro atoms. The number of halogens is 3. The van der Waals surface area contributed by atoms with Gasteiger partial charge in [-0.2, -0.15) is 18.4 Å². The van der Waals surface area contributed by atoms with E-state index in [1.54, 1.807) is 19.9 Å². The summed E-state index contributed by atoms with van der Waals surface area (Å²) in [5.41, 5.74) is -1.94. The maximum atomic E-state index is 13.1. The molecule has 26 heavy (non-hydrogen) atoms. The first-order valence-electron chi connectivity index (χ1n) is 7.68. The highest BCUT2D eigenvalue weighted by Gasteiger charge is 2.33. The zero-order valence-electron chi connectivity index (χ0n) is 14.3. The van der Waals surface area contributed by atoms with Crippen molar-refractivity contribution in [3.63, 3.8) is 0 Å². The molecule has 0 radical (unpaired) electrons. The predicted molar refractivity (Wildman–Crippen MR) is 90.9 cm³/mol. The molecule has 1 heterocycles. The Labute approximate surface area is 147 Å². The van der Waals surface area contributed by atoms with Crippen LogP contribution in [0.4, 0.5) is 18.9 Å². The highest BCUT2D eigenvalue weighted by molar-refractivity contribution is 5.87. The smallest absolute Gasteiger partial charge is 0.418 e. The zero-order chi connectivity index (χ0) is 19.6. The zero-order valence-corrected chi connectivity index (χ0v) is 14.3. The summed E-state index contributed by atoms with van der Waals surface area (Å²) in [5, 5.41) is 19.6. The number of para-hydroxylation sites is 1. The first-order valence-corrected chi connectivity index (χ1v) is 7.68. The molecule has 0 aliphatic rings. The molecule has 0 fully saturated rings. The molecular weight excluding hydrogens is 347 g/mol. The number of rotatable bonds is 3. The van der Waals surface area contributed by atoms with E-state index >= 15 is 0 Å². The molecule has 1 N–H and O–H groups in total. The average molecular weight is 363 g/mol. The van der Waals surface area contributed by atoms with Crippen molar-refractivity contribution in [2.75, 3.05) is 0 Å². The van der Waals surface area contributed by atoms with Gasteiger partial charge in [-0.3, -0.25) is 14.4 Å². The quantitative estimate of drug-likeness (QED) is 0.835. The maximum Gasteiger partial charge on any atom is 0.418 e. The standard InChI is InChI=1S/C18H16F3N3O2/c1-10(2)24-16(25)12(8-22)11(3)13(17(24)26)9-23-15-7-5-4-6-14(15)18(19,20)21/h4-7,9-10,26H,1-3H3. The van der Waals surface area contributed by atoms with E-state index in [1.165, 1.54) is 25.1 Å². The van der Waals surface area contributed by atoms with Crippen LogP contribution in [0.1, 0.15) is 42.1 Å². The van der Waals surface area contributed by atoms with E-state index in [-0.39, 0.29) is 22.4 Å². The van der Waals surface area contributed by atoms with E-state index in [1.807, 2.05) is 0 Å². The first kappa shape index (κ1) is 19.2. The summed E-state index contributed by atoms with van der Waals surface area (Å²) in [6.07, 6.45) is -3.55. The number of nitriles is 1. The number of pyridine rings is 1. The predicted octanol–water partition coefficient (Wildman–Crippen LogP) is 4.08. The van der Waals surface area contributed by atoms with Crippen LogP contribution in [0.3, 0.4) is 0 Å². The normalized spacial score (nSPS) is 11.9. The molecule has 0 aliphatic carbocycles. The molecule has 136 valence electrons. The van der Waals surface area contributed by atoms with Crippen molar-refractivity contribution in [2.45, 2.75) is 33.0 Å². The second-order valence-electron chi connectivity index (χ2n) is 5.89. The number of aromatic hydroxyl groups is 1. The van der Waals surface area contributed by atoms with Crippen molar-refractivity contribution in [3.05, 3.63) is 56.9 Å². The van der Waals surface area contributed by atoms with E-state index in [2.05, 4.69) is 4.99 Å². The van der Waals surface area contributed by atoms with E-state index in [0.717, 1.165) is 16.8 Å². The van der Waals surface area contributed by atoms with E-state index in [0.29, 0.717) is 0 Å². The van der Waals surface area contributed by atoms with Gasteiger partial charge in [-0.25, -0.2) is 0 Å². The van der Waals surface area contributed by atoms with E-state index < -0.39 is 29.2 Å². The topological polar surface area (TPSA) is 78.4 Å². The van der Waals surface area contributed by atoms with Crippen molar-refractivity contribution in [1.82, 2.24) is 4.57 Å². The summed E-state index contributed by atoms with van der Waals surface area (Å²) in [6, 6.07) is 6.06. The minimum absolute atomic E-state index is 0.0202. The van der Waals surface area contributed by atoms with Crippen LogP contribution in [0.25, 0.3) is 0 Å². The number of nitrogens with zero attached hydrogens (tertiary/aromatic N) is 3. The lowest BCUT2D eigenvalue weighted by Gasteiger charge is -2.16. The van der Waals surface area contributed by atoms with Gasteiger partial charge < -0.3 is 5.11 Å². The molecule has 0 amide bonds. The fraction of sp³-hybridized carbons (Fsp3) is 0.278. The van der Waals surface area contributed by atoms with Gasteiger partial charge in [0.1, 0.15) is 11.6 Å². The lowest BCUT2D eigenvalue weighted by Crippen LogP contribution is -2.26. The fourth-order valence-electron chi connectivity index (χ4n) is 2.53. The van der Waals surface area contributed by atoms with Crippen molar-refractivity contribution in [1.29, 1.82) is 5.26 Å². The van der Waals surface area contributed by atoms with Gasteiger partial charge in [-0.1, -0.05) is 12.1 Å². The van der Waals surface area contributed by atoms with Crippen LogP contribution in [0, 0.1) is 18.3 Å². The highest BCUT2D eigenvalue weighted by Crippen LogP contribution is 2.36. The number of aliphatic imine (C=N–C) groups is 1. The monoisotopic (exact) mass is 363 g/mol. The van der Waals surface area contributed by atoms with Crippen LogP contribution in [0.15, 0.2) is 34.1 Å². The Balaban J connectivity index is 2.69. The van der Waals surface area contributed by atoms with Crippen LogP contribution in [-0.2, 0) is 6.18 Å². The van der Waals surface area contributed by atoms with Crippen LogP contribution in [0.5, 0.6) is 5.88 Å². The molecule has 1 aromatic carbocycles.